The second-order valence-corrected chi connectivity index (χ2v) is 11.3. The number of aliphatic hydroxyl groups is 1. The molecule has 8 heteroatoms. The fraction of sp³-hybridized carbons (Fsp3) is 0.720. The Morgan fingerprint density at radius 3 is 2.55 bits per heavy atom. The lowest BCUT2D eigenvalue weighted by Crippen LogP contribution is -2.70. The summed E-state index contributed by atoms with van der Waals surface area (Å²) in [6, 6.07) is 0. The zero-order chi connectivity index (χ0) is 24.6. The minimum atomic E-state index is -2.23. The largest absolute Gasteiger partial charge is 0.449 e. The Kier molecular flexibility index (Phi) is 5.76. The predicted molar refractivity (Wildman–Crippen MR) is 121 cm³/mol. The van der Waals surface area contributed by atoms with Crippen molar-refractivity contribution < 1.29 is 33.0 Å². The number of esters is 1. The van der Waals surface area contributed by atoms with Crippen molar-refractivity contribution in [2.45, 2.75) is 76.9 Å². The van der Waals surface area contributed by atoms with E-state index in [-0.39, 0.29) is 30.0 Å². The van der Waals surface area contributed by atoms with E-state index in [1.54, 1.807) is 27.0 Å². The van der Waals surface area contributed by atoms with Gasteiger partial charge in [0.2, 0.25) is 5.12 Å². The zero-order valence-corrected chi connectivity index (χ0v) is 20.5. The molecule has 0 saturated heterocycles. The smallest absolute Gasteiger partial charge is 0.306 e. The highest BCUT2D eigenvalue weighted by Gasteiger charge is 2.78. The Hall–Kier alpha value is -1.54. The molecular weight excluding hydrogens is 450 g/mol. The lowest BCUT2D eigenvalue weighted by atomic mass is 9.44. The van der Waals surface area contributed by atoms with Gasteiger partial charge in [0.05, 0.1) is 6.10 Å². The lowest BCUT2D eigenvalue weighted by Gasteiger charge is -2.63. The van der Waals surface area contributed by atoms with Crippen LogP contribution in [0.2, 0.25) is 0 Å². The van der Waals surface area contributed by atoms with Crippen LogP contribution in [0.5, 0.6) is 0 Å². The molecular formula is C25H32F2O5S. The fourth-order valence-corrected chi connectivity index (χ4v) is 8.40. The van der Waals surface area contributed by atoms with Gasteiger partial charge in [0, 0.05) is 29.1 Å². The first-order valence-corrected chi connectivity index (χ1v) is 12.8. The normalized spacial score (nSPS) is 48.4. The number of rotatable bonds is 3. The van der Waals surface area contributed by atoms with Gasteiger partial charge in [-0.2, -0.15) is 0 Å². The van der Waals surface area contributed by atoms with Crippen molar-refractivity contribution in [3.05, 3.63) is 23.8 Å². The summed E-state index contributed by atoms with van der Waals surface area (Å²) in [5.41, 5.74) is -6.25. The van der Waals surface area contributed by atoms with E-state index in [1.807, 2.05) is 6.92 Å². The molecule has 3 fully saturated rings. The number of ether oxygens (including phenoxy) is 1. The van der Waals surface area contributed by atoms with E-state index in [9.17, 15) is 19.5 Å². The van der Waals surface area contributed by atoms with Gasteiger partial charge in [0.15, 0.2) is 17.1 Å². The third-order valence-electron chi connectivity index (χ3n) is 9.22. The van der Waals surface area contributed by atoms with E-state index in [2.05, 4.69) is 0 Å². The van der Waals surface area contributed by atoms with E-state index < -0.39 is 63.9 Å². The Bertz CT molecular complexity index is 964. The highest BCUT2D eigenvalue weighted by molar-refractivity contribution is 8.13. The van der Waals surface area contributed by atoms with Gasteiger partial charge < -0.3 is 9.84 Å². The van der Waals surface area contributed by atoms with Gasteiger partial charge in [-0.3, -0.25) is 14.4 Å². The minimum Gasteiger partial charge on any atom is -0.449 e. The van der Waals surface area contributed by atoms with Crippen LogP contribution in [0.1, 0.15) is 53.4 Å². The molecule has 4 aliphatic rings. The van der Waals surface area contributed by atoms with Crippen LogP contribution in [0.3, 0.4) is 0 Å². The van der Waals surface area contributed by atoms with Gasteiger partial charge in [-0.1, -0.05) is 38.6 Å². The van der Waals surface area contributed by atoms with Crippen LogP contribution < -0.4 is 0 Å². The summed E-state index contributed by atoms with van der Waals surface area (Å²) in [5, 5.41) is 11.1. The monoisotopic (exact) mass is 482 g/mol. The summed E-state index contributed by atoms with van der Waals surface area (Å²) in [6.07, 6.45) is 2.45. The number of allylic oxidation sites excluding steroid dienone is 4. The Labute approximate surface area is 197 Å². The van der Waals surface area contributed by atoms with Crippen molar-refractivity contribution in [2.24, 2.45) is 28.6 Å². The second kappa shape index (κ2) is 7.74. The molecule has 33 heavy (non-hydrogen) atoms. The van der Waals surface area contributed by atoms with Crippen molar-refractivity contribution in [3.8, 4) is 0 Å². The molecule has 0 bridgehead atoms. The third kappa shape index (κ3) is 2.89. The number of alkyl halides is 2. The van der Waals surface area contributed by atoms with Crippen LogP contribution in [0.4, 0.5) is 8.78 Å². The first kappa shape index (κ1) is 24.6. The van der Waals surface area contributed by atoms with Crippen molar-refractivity contribution in [1.29, 1.82) is 0 Å². The molecule has 9 atom stereocenters. The molecule has 0 aliphatic heterocycles. The topological polar surface area (TPSA) is 80.7 Å². The summed E-state index contributed by atoms with van der Waals surface area (Å²) in [5.74, 6) is -2.77. The van der Waals surface area contributed by atoms with Crippen LogP contribution in [-0.2, 0) is 19.1 Å². The average Bonchev–Trinajstić information content (AvgIpc) is 2.98. The average molecular weight is 483 g/mol. The lowest BCUT2D eigenvalue weighted by molar-refractivity contribution is -0.228. The number of aliphatic hydroxyl groups excluding tert-OH is 1. The number of ketones is 1. The molecule has 0 aromatic rings. The molecule has 1 N–H and O–H groups in total. The Balaban J connectivity index is 1.88. The number of hydrogen-bond donors (Lipinski definition) is 1. The number of carbonyl (C=O) groups excluding carboxylic acids is 3. The Morgan fingerprint density at radius 1 is 1.27 bits per heavy atom. The van der Waals surface area contributed by atoms with Crippen molar-refractivity contribution in [1.82, 2.24) is 0 Å². The number of halogens is 2. The molecule has 0 aromatic heterocycles. The van der Waals surface area contributed by atoms with Crippen molar-refractivity contribution >= 4 is 28.6 Å². The summed E-state index contributed by atoms with van der Waals surface area (Å²) in [7, 11) is 0. The van der Waals surface area contributed by atoms with Gasteiger partial charge in [-0.05, 0) is 56.1 Å². The first-order chi connectivity index (χ1) is 15.3. The summed E-state index contributed by atoms with van der Waals surface area (Å²) < 4.78 is 38.6. The number of fused-ring (bicyclic) bond motifs is 5. The highest BCUT2D eigenvalue weighted by atomic mass is 32.2. The van der Waals surface area contributed by atoms with Gasteiger partial charge in [0.25, 0.3) is 0 Å². The van der Waals surface area contributed by atoms with Crippen molar-refractivity contribution in [2.75, 3.05) is 6.26 Å². The molecule has 4 aliphatic carbocycles. The quantitative estimate of drug-likeness (QED) is 0.610. The van der Waals surface area contributed by atoms with Crippen LogP contribution in [0.25, 0.3) is 0 Å². The fourth-order valence-electron chi connectivity index (χ4n) is 7.62. The molecule has 0 heterocycles. The van der Waals surface area contributed by atoms with E-state index in [4.69, 9.17) is 4.74 Å². The van der Waals surface area contributed by atoms with Gasteiger partial charge >= 0.3 is 5.97 Å². The number of carbonyl (C=O) groups is 3. The van der Waals surface area contributed by atoms with E-state index in [1.165, 1.54) is 12.2 Å². The van der Waals surface area contributed by atoms with Crippen LogP contribution in [0.15, 0.2) is 23.8 Å². The maximum Gasteiger partial charge on any atom is 0.306 e. The second-order valence-electron chi connectivity index (χ2n) is 10.6. The molecule has 0 aromatic carbocycles. The summed E-state index contributed by atoms with van der Waals surface area (Å²) in [4.78, 5) is 37.8. The SMILES string of the molecule is CCC(=O)O[C@@]1(C(=O)SC)[C@@H](C)C[C@H]2[C@@H]3C[C@H](F)C4=CC(=O)C=C[C@]4(C)C3(F)[C@@H](O)C[C@@]21C. The number of thioether (sulfide) groups is 1. The van der Waals surface area contributed by atoms with Gasteiger partial charge in [0.1, 0.15) is 6.17 Å². The molecule has 0 spiro atoms. The predicted octanol–water partition coefficient (Wildman–Crippen LogP) is 4.13. The van der Waals surface area contributed by atoms with Gasteiger partial charge in [-0.25, -0.2) is 8.78 Å². The maximum atomic E-state index is 17.2. The van der Waals surface area contributed by atoms with Crippen LogP contribution in [-0.4, -0.2) is 51.8 Å². The zero-order valence-electron chi connectivity index (χ0n) is 19.7. The number of hydrogen-bond acceptors (Lipinski definition) is 6. The third-order valence-corrected chi connectivity index (χ3v) is 9.89. The molecule has 0 amide bonds. The summed E-state index contributed by atoms with van der Waals surface area (Å²) in [6.45, 7) is 6.78. The highest BCUT2D eigenvalue weighted by Crippen LogP contribution is 2.72. The molecule has 1 unspecified atom stereocenters. The molecule has 4 rings (SSSR count). The minimum absolute atomic E-state index is 0.0614. The first-order valence-electron chi connectivity index (χ1n) is 11.6. The van der Waals surface area contributed by atoms with Crippen molar-refractivity contribution in [3.63, 3.8) is 0 Å². The molecule has 5 nitrogen and oxygen atoms in total. The standard InChI is InChI=1S/C25H32F2O5S/c1-6-20(30)32-25(21(31)33-5)13(2)9-15-16-11-18(26)17-10-14(28)7-8-22(17,3)24(16,27)19(29)12-23(15,25)4/h7-8,10,13,15-16,18-19,29H,6,9,11-12H2,1-5H3/t13-,15-,16-,18-,19-,22-,23-,24?,25+/m0/s1. The maximum absolute atomic E-state index is 17.2. The van der Waals surface area contributed by atoms with E-state index in [0.29, 0.717) is 6.42 Å². The molecule has 3 saturated carbocycles. The van der Waals surface area contributed by atoms with E-state index >= 15 is 8.78 Å². The van der Waals surface area contributed by atoms with Gasteiger partial charge in [-0.15, -0.1) is 0 Å². The van der Waals surface area contributed by atoms with E-state index in [0.717, 1.165) is 17.8 Å². The molecule has 182 valence electrons. The Morgan fingerprint density at radius 2 is 1.94 bits per heavy atom. The van der Waals surface area contributed by atoms with Crippen LogP contribution >= 0.6 is 11.8 Å². The summed E-state index contributed by atoms with van der Waals surface area (Å²) >= 11 is 0.956. The van der Waals surface area contributed by atoms with Crippen LogP contribution in [0, 0.1) is 28.6 Å². The molecule has 0 radical (unpaired) electrons.